The quantitative estimate of drug-likeness (QED) is 0.752. The van der Waals surface area contributed by atoms with Gasteiger partial charge in [0.15, 0.2) is 0 Å². The van der Waals surface area contributed by atoms with E-state index in [-0.39, 0.29) is 30.4 Å². The Morgan fingerprint density at radius 2 is 1.66 bits per heavy atom. The van der Waals surface area contributed by atoms with E-state index in [4.69, 9.17) is 4.74 Å². The Balaban J connectivity index is 1.46. The summed E-state index contributed by atoms with van der Waals surface area (Å²) in [4.78, 5) is 29.6. The molecule has 2 amide bonds. The average molecular weight is 392 g/mol. The number of rotatable bonds is 6. The summed E-state index contributed by atoms with van der Waals surface area (Å²) in [6.07, 6.45) is 1.07. The van der Waals surface area contributed by atoms with E-state index in [0.29, 0.717) is 13.0 Å². The Morgan fingerprint density at radius 1 is 1.00 bits per heavy atom. The average Bonchev–Trinajstić information content (AvgIpc) is 3.32. The minimum Gasteiger partial charge on any atom is -0.447 e. The molecule has 0 aliphatic carbocycles. The molecule has 2 aromatic rings. The number of carbonyl (C=O) groups excluding carboxylic acids is 2. The zero-order chi connectivity index (χ0) is 20.2. The van der Waals surface area contributed by atoms with Gasteiger partial charge in [-0.2, -0.15) is 0 Å². The van der Waals surface area contributed by atoms with Crippen molar-refractivity contribution < 1.29 is 14.3 Å². The van der Waals surface area contributed by atoms with Gasteiger partial charge in [0.25, 0.3) is 0 Å². The fourth-order valence-electron chi connectivity index (χ4n) is 4.57. The normalized spacial score (nSPS) is 24.7. The summed E-state index contributed by atoms with van der Waals surface area (Å²) in [6.45, 7) is 4.80. The van der Waals surface area contributed by atoms with Crippen molar-refractivity contribution in [2.45, 2.75) is 32.4 Å². The van der Waals surface area contributed by atoms with Gasteiger partial charge in [0.05, 0.1) is 12.0 Å². The highest BCUT2D eigenvalue weighted by Gasteiger charge is 2.45. The third-order valence-electron chi connectivity index (χ3n) is 6.12. The summed E-state index contributed by atoms with van der Waals surface area (Å²) in [6, 6.07) is 20.1. The number of imide groups is 1. The third kappa shape index (κ3) is 4.35. The summed E-state index contributed by atoms with van der Waals surface area (Å²) < 4.78 is 5.27. The van der Waals surface area contributed by atoms with E-state index in [1.165, 1.54) is 10.5 Å². The highest BCUT2D eigenvalue weighted by atomic mass is 16.6. The molecule has 2 aliphatic heterocycles. The van der Waals surface area contributed by atoms with Crippen LogP contribution in [-0.4, -0.2) is 47.5 Å². The second kappa shape index (κ2) is 8.78. The maximum atomic E-state index is 13.4. The summed E-state index contributed by atoms with van der Waals surface area (Å²) in [7, 11) is 0. The topological polar surface area (TPSA) is 49.9 Å². The zero-order valence-corrected chi connectivity index (χ0v) is 16.9. The molecular formula is C24H28N2O3. The second-order valence-corrected chi connectivity index (χ2v) is 8.08. The number of nitrogens with zero attached hydrogens (tertiary/aromatic N) is 2. The molecule has 2 aliphatic rings. The summed E-state index contributed by atoms with van der Waals surface area (Å²) in [5.74, 6) is 0.0282. The van der Waals surface area contributed by atoms with E-state index in [1.807, 2.05) is 48.5 Å². The van der Waals surface area contributed by atoms with Gasteiger partial charge in [-0.05, 0) is 23.5 Å². The first kappa shape index (κ1) is 19.6. The smallest absolute Gasteiger partial charge is 0.416 e. The molecule has 152 valence electrons. The van der Waals surface area contributed by atoms with Gasteiger partial charge in [0.1, 0.15) is 6.61 Å². The standard InChI is InChI=1S/C24H28N2O3/c1-2-20-15-25(14-19-11-7-4-8-12-19)16-22(20)23(27)26-21(17-29-24(26)28)13-18-9-5-3-6-10-18/h3-12,20-22H,2,13-17H2,1H3/t20-,21+,22-/m1/s1. The number of hydrogen-bond donors (Lipinski definition) is 0. The van der Waals surface area contributed by atoms with E-state index in [2.05, 4.69) is 24.0 Å². The Hall–Kier alpha value is -2.66. The molecule has 2 heterocycles. The number of ether oxygens (including phenoxy) is 1. The molecule has 29 heavy (non-hydrogen) atoms. The highest BCUT2D eigenvalue weighted by molar-refractivity contribution is 5.95. The van der Waals surface area contributed by atoms with Crippen molar-refractivity contribution in [3.05, 3.63) is 71.8 Å². The van der Waals surface area contributed by atoms with Gasteiger partial charge in [-0.25, -0.2) is 9.69 Å². The van der Waals surface area contributed by atoms with Crippen LogP contribution in [0.2, 0.25) is 0 Å². The Morgan fingerprint density at radius 3 is 2.31 bits per heavy atom. The van der Waals surface area contributed by atoms with Crippen LogP contribution < -0.4 is 0 Å². The number of carbonyl (C=O) groups is 2. The molecule has 0 spiro atoms. The summed E-state index contributed by atoms with van der Waals surface area (Å²) in [5, 5.41) is 0. The molecule has 0 bridgehead atoms. The van der Waals surface area contributed by atoms with Crippen molar-refractivity contribution in [3.63, 3.8) is 0 Å². The van der Waals surface area contributed by atoms with Gasteiger partial charge in [-0.3, -0.25) is 9.69 Å². The van der Waals surface area contributed by atoms with E-state index < -0.39 is 6.09 Å². The van der Waals surface area contributed by atoms with Crippen molar-refractivity contribution in [2.75, 3.05) is 19.7 Å². The molecule has 2 fully saturated rings. The van der Waals surface area contributed by atoms with Crippen molar-refractivity contribution >= 4 is 12.0 Å². The van der Waals surface area contributed by atoms with Crippen LogP contribution >= 0.6 is 0 Å². The van der Waals surface area contributed by atoms with E-state index >= 15 is 0 Å². The molecule has 0 unspecified atom stereocenters. The molecule has 5 heteroatoms. The van der Waals surface area contributed by atoms with Crippen LogP contribution in [0.1, 0.15) is 24.5 Å². The maximum Gasteiger partial charge on any atom is 0.416 e. The number of likely N-dealkylation sites (tertiary alicyclic amines) is 1. The largest absolute Gasteiger partial charge is 0.447 e. The lowest BCUT2D eigenvalue weighted by atomic mass is 9.92. The minimum atomic E-state index is -0.493. The van der Waals surface area contributed by atoms with Crippen LogP contribution in [0.4, 0.5) is 4.79 Å². The number of cyclic esters (lactones) is 1. The summed E-state index contributed by atoms with van der Waals surface area (Å²) >= 11 is 0. The molecule has 0 saturated carbocycles. The van der Waals surface area contributed by atoms with Gasteiger partial charge in [-0.1, -0.05) is 74.0 Å². The lowest BCUT2D eigenvalue weighted by Crippen LogP contribution is -2.45. The van der Waals surface area contributed by atoms with Crippen molar-refractivity contribution in [3.8, 4) is 0 Å². The van der Waals surface area contributed by atoms with E-state index in [1.54, 1.807) is 0 Å². The molecule has 0 N–H and O–H groups in total. The lowest BCUT2D eigenvalue weighted by Gasteiger charge is -2.25. The maximum absolute atomic E-state index is 13.4. The van der Waals surface area contributed by atoms with Crippen LogP contribution in [0.15, 0.2) is 60.7 Å². The van der Waals surface area contributed by atoms with E-state index in [9.17, 15) is 9.59 Å². The number of benzene rings is 2. The fraction of sp³-hybridized carbons (Fsp3) is 0.417. The first-order chi connectivity index (χ1) is 14.2. The molecule has 0 radical (unpaired) electrons. The van der Waals surface area contributed by atoms with Gasteiger partial charge in [0.2, 0.25) is 5.91 Å². The lowest BCUT2D eigenvalue weighted by molar-refractivity contribution is -0.134. The number of amides is 2. The Kier molecular flexibility index (Phi) is 5.95. The van der Waals surface area contributed by atoms with Gasteiger partial charge in [0, 0.05) is 19.6 Å². The SMILES string of the molecule is CC[C@@H]1CN(Cc2ccccc2)C[C@H]1C(=O)N1C(=O)OC[C@@H]1Cc1ccccc1. The van der Waals surface area contributed by atoms with Crippen LogP contribution in [0, 0.1) is 11.8 Å². The molecule has 2 saturated heterocycles. The molecule has 4 rings (SSSR count). The third-order valence-corrected chi connectivity index (χ3v) is 6.12. The molecular weight excluding hydrogens is 364 g/mol. The highest BCUT2D eigenvalue weighted by Crippen LogP contribution is 2.31. The van der Waals surface area contributed by atoms with Crippen molar-refractivity contribution in [1.29, 1.82) is 0 Å². The van der Waals surface area contributed by atoms with E-state index in [0.717, 1.165) is 25.1 Å². The zero-order valence-electron chi connectivity index (χ0n) is 16.9. The number of hydrogen-bond acceptors (Lipinski definition) is 4. The fourth-order valence-corrected chi connectivity index (χ4v) is 4.57. The van der Waals surface area contributed by atoms with Crippen molar-refractivity contribution in [2.24, 2.45) is 11.8 Å². The molecule has 2 aromatic carbocycles. The predicted octanol–water partition coefficient (Wildman–Crippen LogP) is 3.73. The Bertz CT molecular complexity index is 840. The van der Waals surface area contributed by atoms with Crippen LogP contribution in [-0.2, 0) is 22.5 Å². The first-order valence-electron chi connectivity index (χ1n) is 10.5. The van der Waals surface area contributed by atoms with Crippen molar-refractivity contribution in [1.82, 2.24) is 9.80 Å². The first-order valence-corrected chi connectivity index (χ1v) is 10.5. The molecule has 3 atom stereocenters. The second-order valence-electron chi connectivity index (χ2n) is 8.08. The Labute approximate surface area is 172 Å². The van der Waals surface area contributed by atoms with Crippen LogP contribution in [0.25, 0.3) is 0 Å². The molecule has 0 aromatic heterocycles. The predicted molar refractivity (Wildman–Crippen MR) is 111 cm³/mol. The monoisotopic (exact) mass is 392 g/mol. The summed E-state index contributed by atoms with van der Waals surface area (Å²) in [5.41, 5.74) is 2.36. The minimum absolute atomic E-state index is 0.0733. The van der Waals surface area contributed by atoms with Gasteiger partial charge >= 0.3 is 6.09 Å². The van der Waals surface area contributed by atoms with Crippen LogP contribution in [0.5, 0.6) is 0 Å². The van der Waals surface area contributed by atoms with Gasteiger partial charge in [-0.15, -0.1) is 0 Å². The molecule has 5 nitrogen and oxygen atoms in total. The van der Waals surface area contributed by atoms with Gasteiger partial charge < -0.3 is 4.74 Å². The van der Waals surface area contributed by atoms with Crippen LogP contribution in [0.3, 0.4) is 0 Å².